The standard InChI is InChI=1S/C21H21N2SSe/c1-22(2)14-7-9-16-19(12-14)25-20-13-15(23(3)4)8-10-17(20)21(16)18-6-5-11-24-18/h5-13H,1-4H3/q+1. The second-order valence-electron chi connectivity index (χ2n) is 6.60. The molecule has 0 radical (unpaired) electrons. The van der Waals surface area contributed by atoms with Gasteiger partial charge in [-0.1, -0.05) is 0 Å². The molecule has 1 aromatic heterocycles. The van der Waals surface area contributed by atoms with Crippen molar-refractivity contribution < 1.29 is 0 Å². The molecule has 0 atom stereocenters. The van der Waals surface area contributed by atoms with Crippen LogP contribution in [0, 0.1) is 0 Å². The number of nitrogens with zero attached hydrogens (tertiary/aromatic N) is 2. The Morgan fingerprint density at radius 2 is 1.84 bits per heavy atom. The van der Waals surface area contributed by atoms with Crippen LogP contribution in [0.15, 0.2) is 53.9 Å². The van der Waals surface area contributed by atoms with Crippen LogP contribution in [0.4, 0.5) is 5.69 Å². The molecular formula is C21H21N2SSe+. The van der Waals surface area contributed by atoms with Crippen LogP contribution in [-0.2, 0) is 0 Å². The minimum absolute atomic E-state index is 0.323. The first-order valence-corrected chi connectivity index (χ1v) is 10.9. The zero-order chi connectivity index (χ0) is 17.6. The van der Waals surface area contributed by atoms with Crippen LogP contribution in [0.25, 0.3) is 30.1 Å². The Hall–Kier alpha value is -1.87. The van der Waals surface area contributed by atoms with Gasteiger partial charge in [0.05, 0.1) is 0 Å². The first-order chi connectivity index (χ1) is 12.0. The van der Waals surface area contributed by atoms with Crippen molar-refractivity contribution in [2.75, 3.05) is 33.1 Å². The molecule has 2 heterocycles. The Balaban J connectivity index is 2.15. The van der Waals surface area contributed by atoms with Gasteiger partial charge >= 0.3 is 159 Å². The molecule has 4 rings (SSSR count). The summed E-state index contributed by atoms with van der Waals surface area (Å²) in [5.41, 5.74) is 4.07. The Bertz CT molecular complexity index is 1090. The third-order valence-corrected chi connectivity index (χ3v) is 7.72. The third kappa shape index (κ3) is 2.95. The van der Waals surface area contributed by atoms with E-state index in [1.54, 1.807) is 0 Å². The van der Waals surface area contributed by atoms with E-state index < -0.39 is 0 Å². The van der Waals surface area contributed by atoms with Crippen molar-refractivity contribution in [3.63, 3.8) is 0 Å². The van der Waals surface area contributed by atoms with Gasteiger partial charge in [-0.2, -0.15) is 0 Å². The van der Waals surface area contributed by atoms with Gasteiger partial charge < -0.3 is 0 Å². The van der Waals surface area contributed by atoms with Crippen LogP contribution in [-0.4, -0.2) is 42.7 Å². The molecule has 0 unspecified atom stereocenters. The van der Waals surface area contributed by atoms with Crippen molar-refractivity contribution in [3.8, 4) is 20.4 Å². The first kappa shape index (κ1) is 16.6. The van der Waals surface area contributed by atoms with E-state index in [1.165, 1.54) is 41.1 Å². The number of anilines is 1. The van der Waals surface area contributed by atoms with Crippen LogP contribution in [0.2, 0.25) is 0 Å². The third-order valence-electron chi connectivity index (χ3n) is 4.49. The van der Waals surface area contributed by atoms with E-state index in [0.717, 1.165) is 0 Å². The normalized spacial score (nSPS) is 11.2. The summed E-state index contributed by atoms with van der Waals surface area (Å²) in [7, 11) is 8.44. The molecular weight excluding hydrogens is 391 g/mol. The van der Waals surface area contributed by atoms with Crippen molar-refractivity contribution in [1.29, 1.82) is 0 Å². The van der Waals surface area contributed by atoms with E-state index >= 15 is 0 Å². The summed E-state index contributed by atoms with van der Waals surface area (Å²) in [5.74, 6) is 0. The molecule has 0 saturated carbocycles. The van der Waals surface area contributed by atoms with Gasteiger partial charge in [0.2, 0.25) is 0 Å². The number of rotatable bonds is 2. The molecule has 25 heavy (non-hydrogen) atoms. The molecule has 1 aliphatic heterocycles. The van der Waals surface area contributed by atoms with Gasteiger partial charge in [-0.25, -0.2) is 0 Å². The molecule has 1 aliphatic carbocycles. The maximum atomic E-state index is 2.37. The van der Waals surface area contributed by atoms with E-state index in [1.807, 2.05) is 11.3 Å². The van der Waals surface area contributed by atoms with Gasteiger partial charge in [-0.05, 0) is 0 Å². The average molecular weight is 412 g/mol. The summed E-state index contributed by atoms with van der Waals surface area (Å²) in [5, 5.41) is 4.85. The Morgan fingerprint density at radius 1 is 1.00 bits per heavy atom. The summed E-state index contributed by atoms with van der Waals surface area (Å²) < 4.78 is 5.14. The summed E-state index contributed by atoms with van der Waals surface area (Å²) in [6, 6.07) is 18.2. The maximum absolute atomic E-state index is 2.37. The summed E-state index contributed by atoms with van der Waals surface area (Å²) in [6.45, 7) is 0. The molecule has 0 N–H and O–H groups in total. The predicted molar refractivity (Wildman–Crippen MR) is 112 cm³/mol. The van der Waals surface area contributed by atoms with Crippen LogP contribution in [0.5, 0.6) is 0 Å². The Morgan fingerprint density at radius 3 is 2.52 bits per heavy atom. The van der Waals surface area contributed by atoms with Crippen molar-refractivity contribution in [3.05, 3.63) is 59.3 Å². The average Bonchev–Trinajstić information content (AvgIpc) is 3.12. The van der Waals surface area contributed by atoms with Crippen LogP contribution < -0.4 is 14.8 Å². The molecule has 0 fully saturated rings. The van der Waals surface area contributed by atoms with E-state index in [2.05, 4.69) is 91.6 Å². The second-order valence-corrected chi connectivity index (χ2v) is 9.83. The summed E-state index contributed by atoms with van der Waals surface area (Å²) in [4.78, 5) is 3.54. The van der Waals surface area contributed by atoms with E-state index in [4.69, 9.17) is 0 Å². The summed E-state index contributed by atoms with van der Waals surface area (Å²) >= 11 is 2.15. The van der Waals surface area contributed by atoms with E-state index in [0.29, 0.717) is 14.5 Å². The Labute approximate surface area is 158 Å². The fourth-order valence-corrected chi connectivity index (χ4v) is 6.33. The quantitative estimate of drug-likeness (QED) is 0.276. The number of thiophene rings is 1. The first-order valence-electron chi connectivity index (χ1n) is 8.27. The molecule has 4 heteroatoms. The zero-order valence-electron chi connectivity index (χ0n) is 14.9. The van der Waals surface area contributed by atoms with Gasteiger partial charge in [0.15, 0.2) is 0 Å². The number of hydrogen-bond donors (Lipinski definition) is 0. The number of hydrogen-bond acceptors (Lipinski definition) is 2. The second kappa shape index (κ2) is 6.45. The molecule has 2 aromatic rings. The molecule has 1 aromatic carbocycles. The van der Waals surface area contributed by atoms with Crippen molar-refractivity contribution in [1.82, 2.24) is 4.58 Å². The fourth-order valence-electron chi connectivity index (χ4n) is 3.11. The molecule has 126 valence electrons. The van der Waals surface area contributed by atoms with Crippen molar-refractivity contribution >= 4 is 41.2 Å². The number of benzene rings is 2. The molecule has 0 amide bonds. The van der Waals surface area contributed by atoms with Gasteiger partial charge in [0.25, 0.3) is 0 Å². The van der Waals surface area contributed by atoms with Gasteiger partial charge in [-0.15, -0.1) is 0 Å². The van der Waals surface area contributed by atoms with Crippen molar-refractivity contribution in [2.24, 2.45) is 0 Å². The minimum atomic E-state index is 0.323. The summed E-state index contributed by atoms with van der Waals surface area (Å²) in [6.07, 6.45) is 0. The predicted octanol–water partition coefficient (Wildman–Crippen LogP) is 3.83. The molecule has 2 nitrogen and oxygen atoms in total. The van der Waals surface area contributed by atoms with Crippen LogP contribution in [0.3, 0.4) is 0 Å². The van der Waals surface area contributed by atoms with Gasteiger partial charge in [0.1, 0.15) is 0 Å². The van der Waals surface area contributed by atoms with E-state index in [9.17, 15) is 0 Å². The Kier molecular flexibility index (Phi) is 4.28. The monoisotopic (exact) mass is 413 g/mol. The molecule has 0 spiro atoms. The SMILES string of the molecule is CN(C)c1ccc2c(-c3cccs3)c3ccc(=[N+](C)C)cc-3[se]c2c1. The van der Waals surface area contributed by atoms with Gasteiger partial charge in [-0.3, -0.25) is 0 Å². The van der Waals surface area contributed by atoms with Crippen LogP contribution in [0.1, 0.15) is 0 Å². The molecule has 0 saturated heterocycles. The van der Waals surface area contributed by atoms with Crippen LogP contribution >= 0.6 is 11.3 Å². The number of fused-ring (bicyclic) bond motifs is 2. The van der Waals surface area contributed by atoms with Crippen molar-refractivity contribution in [2.45, 2.75) is 0 Å². The molecule has 2 aliphatic rings. The van der Waals surface area contributed by atoms with Gasteiger partial charge in [0, 0.05) is 0 Å². The fraction of sp³-hybridized carbons (Fsp3) is 0.190. The zero-order valence-corrected chi connectivity index (χ0v) is 17.4. The topological polar surface area (TPSA) is 6.25 Å². The van der Waals surface area contributed by atoms with E-state index in [-0.39, 0.29) is 0 Å². The molecule has 0 bridgehead atoms.